The molecule has 1 aliphatic carbocycles. The van der Waals surface area contributed by atoms with Crippen LogP contribution in [0.15, 0.2) is 24.3 Å². The Bertz CT molecular complexity index is 1000. The molecule has 172 valence electrons. The van der Waals surface area contributed by atoms with Crippen LogP contribution in [-0.2, 0) is 15.9 Å². The first-order valence-electron chi connectivity index (χ1n) is 12.3. The summed E-state index contributed by atoms with van der Waals surface area (Å²) in [6.45, 7) is 2.06. The van der Waals surface area contributed by atoms with Crippen LogP contribution in [0.4, 0.5) is 0 Å². The third-order valence-electron chi connectivity index (χ3n) is 8.01. The Morgan fingerprint density at radius 1 is 0.909 bits per heavy atom. The van der Waals surface area contributed by atoms with Gasteiger partial charge in [0.25, 0.3) is 0 Å². The number of aryl methyl sites for hydroxylation is 1. The maximum atomic E-state index is 10.6. The molecule has 1 aromatic carbocycles. The second-order valence-electron chi connectivity index (χ2n) is 9.71. The fourth-order valence-corrected chi connectivity index (χ4v) is 6.15. The number of nitrogens with one attached hydrogen (secondary N) is 1. The number of rotatable bonds is 2. The lowest BCUT2D eigenvalue weighted by molar-refractivity contribution is -0.287. The Hall–Kier alpha value is -2.88. The van der Waals surface area contributed by atoms with Crippen LogP contribution in [0.5, 0.6) is 0 Å². The number of hydrogen-bond acceptors (Lipinski definition) is 6. The number of hydrogen-bond donors (Lipinski definition) is 1. The molecule has 2 bridgehead atoms. The minimum Gasteiger partial charge on any atom is -0.447 e. The first-order chi connectivity index (χ1) is 16.0. The molecular weight excluding hydrogens is 412 g/mol. The molecule has 6 heteroatoms. The van der Waals surface area contributed by atoms with Crippen molar-refractivity contribution in [1.29, 1.82) is 21.2 Å². The van der Waals surface area contributed by atoms with Crippen molar-refractivity contribution in [2.45, 2.75) is 89.4 Å². The predicted octanol–water partition coefficient (Wildman–Crippen LogP) is 6.10. The molecule has 4 unspecified atom stereocenters. The van der Waals surface area contributed by atoms with Gasteiger partial charge in [0.1, 0.15) is 6.10 Å². The van der Waals surface area contributed by atoms with E-state index in [-0.39, 0.29) is 5.90 Å². The molecule has 1 saturated carbocycles. The Labute approximate surface area is 196 Å². The third-order valence-corrected chi connectivity index (χ3v) is 8.01. The summed E-state index contributed by atoms with van der Waals surface area (Å²) in [5.74, 6) is -1.95. The van der Waals surface area contributed by atoms with Gasteiger partial charge >= 0.3 is 0 Å². The fourth-order valence-electron chi connectivity index (χ4n) is 6.15. The van der Waals surface area contributed by atoms with Gasteiger partial charge in [0.2, 0.25) is 17.1 Å². The van der Waals surface area contributed by atoms with E-state index in [0.717, 1.165) is 50.5 Å². The van der Waals surface area contributed by atoms with E-state index in [4.69, 9.17) is 14.9 Å². The average molecular weight is 445 g/mol. The van der Waals surface area contributed by atoms with E-state index in [1.54, 1.807) is 0 Å². The Morgan fingerprint density at radius 2 is 1.52 bits per heavy atom. The molecule has 6 nitrogen and oxygen atoms in total. The first-order valence-corrected chi connectivity index (χ1v) is 12.3. The minimum absolute atomic E-state index is 0.277. The molecule has 4 rings (SSSR count). The van der Waals surface area contributed by atoms with E-state index in [1.165, 1.54) is 12.8 Å². The maximum Gasteiger partial charge on any atom is 0.217 e. The molecule has 0 spiro atoms. The number of nitrogens with zero attached hydrogens (tertiary/aromatic N) is 3. The molecule has 4 atom stereocenters. The Kier molecular flexibility index (Phi) is 6.47. The van der Waals surface area contributed by atoms with E-state index in [9.17, 15) is 15.8 Å². The zero-order chi connectivity index (χ0) is 23.5. The highest BCUT2D eigenvalue weighted by Gasteiger charge is 2.79. The van der Waals surface area contributed by atoms with Crippen LogP contribution >= 0.6 is 0 Å². The van der Waals surface area contributed by atoms with E-state index < -0.39 is 28.6 Å². The summed E-state index contributed by atoms with van der Waals surface area (Å²) in [4.78, 5) is 0. The number of benzene rings is 1. The van der Waals surface area contributed by atoms with Crippen LogP contribution in [-0.4, -0.2) is 11.7 Å². The van der Waals surface area contributed by atoms with Gasteiger partial charge in [-0.1, -0.05) is 76.1 Å². The molecule has 3 fully saturated rings. The van der Waals surface area contributed by atoms with Crippen molar-refractivity contribution >= 4 is 5.90 Å². The van der Waals surface area contributed by atoms with Gasteiger partial charge in [-0.2, -0.15) is 15.8 Å². The molecule has 0 amide bonds. The first kappa shape index (κ1) is 23.3. The van der Waals surface area contributed by atoms with Crippen molar-refractivity contribution in [3.8, 4) is 18.2 Å². The SMILES string of the molecule is CCc1ccc(C2OC34CCCCCCCCCCC3C(C#N)(C(=N)O4)C2(C#N)C#N)cc1. The maximum absolute atomic E-state index is 10.6. The highest BCUT2D eigenvalue weighted by molar-refractivity contribution is 5.89. The van der Waals surface area contributed by atoms with Gasteiger partial charge in [0.15, 0.2) is 5.41 Å². The third kappa shape index (κ3) is 3.42. The smallest absolute Gasteiger partial charge is 0.217 e. The largest absolute Gasteiger partial charge is 0.447 e. The van der Waals surface area contributed by atoms with Crippen LogP contribution in [0.2, 0.25) is 0 Å². The van der Waals surface area contributed by atoms with Gasteiger partial charge in [-0.25, -0.2) is 0 Å². The molecule has 1 N–H and O–H groups in total. The van der Waals surface area contributed by atoms with Gasteiger partial charge in [-0.15, -0.1) is 0 Å². The lowest BCUT2D eigenvalue weighted by Crippen LogP contribution is -2.59. The summed E-state index contributed by atoms with van der Waals surface area (Å²) in [5, 5.41) is 40.3. The lowest BCUT2D eigenvalue weighted by Gasteiger charge is -2.50. The van der Waals surface area contributed by atoms with Crippen molar-refractivity contribution in [3.05, 3.63) is 35.4 Å². The van der Waals surface area contributed by atoms with E-state index in [1.807, 2.05) is 24.3 Å². The van der Waals surface area contributed by atoms with Gasteiger partial charge in [-0.3, -0.25) is 5.41 Å². The number of nitriles is 3. The molecule has 2 saturated heterocycles. The summed E-state index contributed by atoms with van der Waals surface area (Å²) >= 11 is 0. The summed E-state index contributed by atoms with van der Waals surface area (Å²) in [5.41, 5.74) is -1.71. The normalized spacial score (nSPS) is 33.7. The number of ether oxygens (including phenoxy) is 2. The van der Waals surface area contributed by atoms with Crippen LogP contribution in [0.25, 0.3) is 0 Å². The predicted molar refractivity (Wildman–Crippen MR) is 123 cm³/mol. The zero-order valence-electron chi connectivity index (χ0n) is 19.4. The molecule has 0 radical (unpaired) electrons. The topological polar surface area (TPSA) is 114 Å². The fraction of sp³-hybridized carbons (Fsp3) is 0.630. The van der Waals surface area contributed by atoms with E-state index in [2.05, 4.69) is 25.1 Å². The molecular formula is C27H32N4O2. The van der Waals surface area contributed by atoms with E-state index in [0.29, 0.717) is 18.4 Å². The standard InChI is InChI=1S/C27H32N4O2/c1-2-20-12-14-21(15-13-20)23-25(17-28,18-29)26(19-30)22-11-9-7-5-3-4-6-8-10-16-27(22,32-23)33-24(26)31/h12-15,22-23,31H,2-11,16H2,1H3. The van der Waals surface area contributed by atoms with Gasteiger partial charge < -0.3 is 9.47 Å². The Balaban J connectivity index is 1.87. The summed E-state index contributed by atoms with van der Waals surface area (Å²) < 4.78 is 12.8. The van der Waals surface area contributed by atoms with Gasteiger partial charge in [-0.05, 0) is 30.4 Å². The molecule has 1 aromatic rings. The van der Waals surface area contributed by atoms with Crippen molar-refractivity contribution < 1.29 is 9.47 Å². The summed E-state index contributed by atoms with van der Waals surface area (Å²) in [6, 6.07) is 14.4. The zero-order valence-corrected chi connectivity index (χ0v) is 19.4. The van der Waals surface area contributed by atoms with Gasteiger partial charge in [0.05, 0.1) is 24.1 Å². The van der Waals surface area contributed by atoms with Crippen LogP contribution < -0.4 is 0 Å². The molecule has 33 heavy (non-hydrogen) atoms. The summed E-state index contributed by atoms with van der Waals surface area (Å²) in [6.07, 6.45) is 9.53. The highest BCUT2D eigenvalue weighted by atomic mass is 16.7. The molecule has 2 aliphatic heterocycles. The van der Waals surface area contributed by atoms with Crippen molar-refractivity contribution in [2.75, 3.05) is 0 Å². The van der Waals surface area contributed by atoms with Crippen LogP contribution in [0, 0.1) is 56.2 Å². The second-order valence-corrected chi connectivity index (χ2v) is 9.71. The molecule has 0 aromatic heterocycles. The molecule has 2 heterocycles. The van der Waals surface area contributed by atoms with E-state index >= 15 is 0 Å². The average Bonchev–Trinajstić information content (AvgIpc) is 3.02. The lowest BCUT2D eigenvalue weighted by atomic mass is 9.52. The monoisotopic (exact) mass is 444 g/mol. The minimum atomic E-state index is -1.87. The van der Waals surface area contributed by atoms with Crippen molar-refractivity contribution in [2.24, 2.45) is 16.7 Å². The Morgan fingerprint density at radius 3 is 2.09 bits per heavy atom. The summed E-state index contributed by atoms with van der Waals surface area (Å²) in [7, 11) is 0. The second kappa shape index (κ2) is 9.17. The van der Waals surface area contributed by atoms with Crippen LogP contribution in [0.3, 0.4) is 0 Å². The van der Waals surface area contributed by atoms with Crippen molar-refractivity contribution in [1.82, 2.24) is 0 Å². The molecule has 3 aliphatic rings. The quantitative estimate of drug-likeness (QED) is 0.592. The van der Waals surface area contributed by atoms with Crippen molar-refractivity contribution in [3.63, 3.8) is 0 Å². The van der Waals surface area contributed by atoms with Gasteiger partial charge in [0, 0.05) is 6.42 Å². The van der Waals surface area contributed by atoms with Crippen LogP contribution in [0.1, 0.15) is 88.4 Å². The highest BCUT2D eigenvalue weighted by Crippen LogP contribution is 2.68.